The predicted molar refractivity (Wildman–Crippen MR) is 124 cm³/mol. The van der Waals surface area contributed by atoms with Crippen LogP contribution in [-0.2, 0) is 9.47 Å². The van der Waals surface area contributed by atoms with Gasteiger partial charge in [-0.25, -0.2) is 9.78 Å². The van der Waals surface area contributed by atoms with E-state index < -0.39 is 11.7 Å². The lowest BCUT2D eigenvalue weighted by Gasteiger charge is -2.34. The molecular weight excluding hydrogens is 424 g/mol. The molecule has 0 radical (unpaired) electrons. The number of aromatic nitrogens is 4. The molecule has 1 aliphatic heterocycles. The summed E-state index contributed by atoms with van der Waals surface area (Å²) in [6.07, 6.45) is 2.94. The fourth-order valence-corrected chi connectivity index (χ4v) is 3.65. The van der Waals surface area contributed by atoms with Crippen LogP contribution in [0.5, 0.6) is 5.75 Å². The van der Waals surface area contributed by atoms with Gasteiger partial charge in [-0.2, -0.15) is 5.10 Å². The van der Waals surface area contributed by atoms with Crippen LogP contribution in [0, 0.1) is 0 Å². The fourth-order valence-electron chi connectivity index (χ4n) is 3.65. The molecule has 176 valence electrons. The molecule has 4 rings (SSSR count). The van der Waals surface area contributed by atoms with Gasteiger partial charge in [0.15, 0.2) is 0 Å². The molecule has 1 aliphatic rings. The van der Waals surface area contributed by atoms with Crippen molar-refractivity contribution in [3.63, 3.8) is 0 Å². The van der Waals surface area contributed by atoms with E-state index >= 15 is 0 Å². The summed E-state index contributed by atoms with van der Waals surface area (Å²) in [6, 6.07) is 5.86. The number of aromatic amines is 1. The van der Waals surface area contributed by atoms with Gasteiger partial charge in [0, 0.05) is 30.4 Å². The maximum atomic E-state index is 11.9. The average molecular weight is 455 g/mol. The van der Waals surface area contributed by atoms with Crippen LogP contribution in [0.2, 0.25) is 0 Å². The largest absolute Gasteiger partial charge is 0.491 e. The SMILES string of the molecule is C[C@@H]1COCCN1c1cc(OCCNC(=O)OC(C)(C)C)c2ccnc(-c3ccn[nH]3)c2n1. The van der Waals surface area contributed by atoms with Crippen molar-refractivity contribution in [2.45, 2.75) is 39.3 Å². The van der Waals surface area contributed by atoms with Crippen molar-refractivity contribution in [3.05, 3.63) is 30.6 Å². The normalized spacial score (nSPS) is 16.6. The molecule has 4 heterocycles. The molecule has 33 heavy (non-hydrogen) atoms. The average Bonchev–Trinajstić information content (AvgIpc) is 3.30. The molecule has 10 heteroatoms. The van der Waals surface area contributed by atoms with E-state index in [-0.39, 0.29) is 12.6 Å². The van der Waals surface area contributed by atoms with E-state index in [1.54, 1.807) is 12.4 Å². The minimum atomic E-state index is -0.550. The van der Waals surface area contributed by atoms with Crippen molar-refractivity contribution in [3.8, 4) is 17.1 Å². The quantitative estimate of drug-likeness (QED) is 0.546. The van der Waals surface area contributed by atoms with Gasteiger partial charge in [-0.1, -0.05) is 0 Å². The van der Waals surface area contributed by atoms with E-state index in [1.807, 2.05) is 39.0 Å². The van der Waals surface area contributed by atoms with Crippen LogP contribution in [0.3, 0.4) is 0 Å². The zero-order valence-corrected chi connectivity index (χ0v) is 19.4. The highest BCUT2D eigenvalue weighted by atomic mass is 16.6. The smallest absolute Gasteiger partial charge is 0.407 e. The monoisotopic (exact) mass is 454 g/mol. The number of anilines is 1. The summed E-state index contributed by atoms with van der Waals surface area (Å²) in [5.41, 5.74) is 1.64. The minimum Gasteiger partial charge on any atom is -0.491 e. The summed E-state index contributed by atoms with van der Waals surface area (Å²) in [4.78, 5) is 23.6. The third kappa shape index (κ3) is 5.51. The van der Waals surface area contributed by atoms with Gasteiger partial charge in [-0.05, 0) is 39.8 Å². The Labute approximate surface area is 192 Å². The van der Waals surface area contributed by atoms with Crippen molar-refractivity contribution in [1.29, 1.82) is 0 Å². The Morgan fingerprint density at radius 2 is 2.18 bits per heavy atom. The maximum Gasteiger partial charge on any atom is 0.407 e. The third-order valence-electron chi connectivity index (χ3n) is 5.12. The molecule has 0 aliphatic carbocycles. The Hall–Kier alpha value is -3.40. The molecule has 2 N–H and O–H groups in total. The number of hydrogen-bond acceptors (Lipinski definition) is 8. The number of nitrogens with one attached hydrogen (secondary N) is 2. The van der Waals surface area contributed by atoms with Gasteiger partial charge in [-0.15, -0.1) is 0 Å². The molecule has 1 fully saturated rings. The molecule has 1 atom stereocenters. The van der Waals surface area contributed by atoms with Gasteiger partial charge in [0.05, 0.1) is 31.5 Å². The number of H-pyrrole nitrogens is 1. The molecule has 1 amide bonds. The van der Waals surface area contributed by atoms with E-state index in [2.05, 4.69) is 32.3 Å². The Balaban J connectivity index is 1.61. The Morgan fingerprint density at radius 3 is 2.91 bits per heavy atom. The molecule has 0 unspecified atom stereocenters. The lowest BCUT2D eigenvalue weighted by Crippen LogP contribution is -2.44. The van der Waals surface area contributed by atoms with E-state index in [9.17, 15) is 4.79 Å². The van der Waals surface area contributed by atoms with Crippen molar-refractivity contribution in [2.24, 2.45) is 0 Å². The highest BCUT2D eigenvalue weighted by Gasteiger charge is 2.23. The van der Waals surface area contributed by atoms with Gasteiger partial charge < -0.3 is 24.4 Å². The third-order valence-corrected chi connectivity index (χ3v) is 5.12. The Kier molecular flexibility index (Phi) is 6.64. The van der Waals surface area contributed by atoms with Crippen molar-refractivity contribution in [2.75, 3.05) is 37.8 Å². The lowest BCUT2D eigenvalue weighted by molar-refractivity contribution is 0.0520. The van der Waals surface area contributed by atoms with Crippen LogP contribution >= 0.6 is 0 Å². The molecule has 0 bridgehead atoms. The number of ether oxygens (including phenoxy) is 3. The molecule has 0 spiro atoms. The number of alkyl carbamates (subject to hydrolysis) is 1. The number of nitrogens with zero attached hydrogens (tertiary/aromatic N) is 4. The zero-order valence-electron chi connectivity index (χ0n) is 19.4. The van der Waals surface area contributed by atoms with E-state index in [4.69, 9.17) is 19.2 Å². The van der Waals surface area contributed by atoms with E-state index in [0.29, 0.717) is 36.7 Å². The predicted octanol–water partition coefficient (Wildman–Crippen LogP) is 3.15. The summed E-state index contributed by atoms with van der Waals surface area (Å²) in [6.45, 7) is 10.2. The lowest BCUT2D eigenvalue weighted by atomic mass is 10.1. The summed E-state index contributed by atoms with van der Waals surface area (Å²) in [7, 11) is 0. The van der Waals surface area contributed by atoms with Crippen LogP contribution in [0.1, 0.15) is 27.7 Å². The summed E-state index contributed by atoms with van der Waals surface area (Å²) >= 11 is 0. The zero-order chi connectivity index (χ0) is 23.4. The summed E-state index contributed by atoms with van der Waals surface area (Å²) < 4.78 is 17.0. The summed E-state index contributed by atoms with van der Waals surface area (Å²) in [5.74, 6) is 1.46. The van der Waals surface area contributed by atoms with Gasteiger partial charge in [0.25, 0.3) is 0 Å². The van der Waals surface area contributed by atoms with Gasteiger partial charge >= 0.3 is 6.09 Å². The van der Waals surface area contributed by atoms with Gasteiger partial charge in [0.2, 0.25) is 0 Å². The first kappa shape index (κ1) is 22.8. The molecule has 3 aromatic rings. The van der Waals surface area contributed by atoms with Crippen LogP contribution < -0.4 is 15.0 Å². The van der Waals surface area contributed by atoms with Crippen LogP contribution in [0.25, 0.3) is 22.3 Å². The van der Waals surface area contributed by atoms with Gasteiger partial charge in [0.1, 0.15) is 35.0 Å². The van der Waals surface area contributed by atoms with Crippen molar-refractivity contribution >= 4 is 22.8 Å². The maximum absolute atomic E-state index is 11.9. The molecule has 10 nitrogen and oxygen atoms in total. The fraction of sp³-hybridized carbons (Fsp3) is 0.478. The number of amides is 1. The number of carbonyl (C=O) groups excluding carboxylic acids is 1. The first-order valence-electron chi connectivity index (χ1n) is 11.1. The second kappa shape index (κ2) is 9.62. The number of fused-ring (bicyclic) bond motifs is 1. The first-order chi connectivity index (χ1) is 15.8. The Morgan fingerprint density at radius 1 is 1.33 bits per heavy atom. The van der Waals surface area contributed by atoms with Crippen molar-refractivity contribution in [1.82, 2.24) is 25.5 Å². The highest BCUT2D eigenvalue weighted by Crippen LogP contribution is 2.34. The topological polar surface area (TPSA) is 114 Å². The second-order valence-corrected chi connectivity index (χ2v) is 8.90. The standard InChI is InChI=1S/C23H30N6O4/c1-15-14-31-12-10-29(15)19-13-18(32-11-9-25-22(30)33-23(2,3)4)16-5-7-24-21(20(16)27-19)17-6-8-26-28-17/h5-8,13,15H,9-12,14H2,1-4H3,(H,25,30)(H,26,28)/t15-/m1/s1. The number of hydrogen-bond donors (Lipinski definition) is 2. The number of morpholine rings is 1. The number of pyridine rings is 2. The van der Waals surface area contributed by atoms with E-state index in [0.717, 1.165) is 23.4 Å². The first-order valence-corrected chi connectivity index (χ1v) is 11.1. The number of rotatable bonds is 6. The second-order valence-electron chi connectivity index (χ2n) is 8.90. The van der Waals surface area contributed by atoms with Crippen LogP contribution in [-0.4, -0.2) is 70.8 Å². The highest BCUT2D eigenvalue weighted by molar-refractivity contribution is 5.95. The molecule has 3 aromatic heterocycles. The minimum absolute atomic E-state index is 0.178. The van der Waals surface area contributed by atoms with E-state index in [1.165, 1.54) is 0 Å². The molecule has 1 saturated heterocycles. The van der Waals surface area contributed by atoms with Crippen LogP contribution in [0.4, 0.5) is 10.6 Å². The summed E-state index contributed by atoms with van der Waals surface area (Å²) in [5, 5.41) is 10.6. The molecular formula is C23H30N6O4. The number of carbonyl (C=O) groups is 1. The molecule has 0 aromatic carbocycles. The Bertz CT molecular complexity index is 1100. The van der Waals surface area contributed by atoms with Crippen molar-refractivity contribution < 1.29 is 19.0 Å². The van der Waals surface area contributed by atoms with Gasteiger partial charge in [-0.3, -0.25) is 10.1 Å². The molecule has 0 saturated carbocycles. The van der Waals surface area contributed by atoms with Crippen LogP contribution in [0.15, 0.2) is 30.6 Å².